The van der Waals surface area contributed by atoms with Gasteiger partial charge in [-0.1, -0.05) is 12.1 Å². The Morgan fingerprint density at radius 3 is 3.06 bits per heavy atom. The second-order valence-electron chi connectivity index (χ2n) is 4.14. The smallest absolute Gasteiger partial charge is 0.239 e. The molecule has 1 aliphatic heterocycles. The predicted molar refractivity (Wildman–Crippen MR) is 59.0 cm³/mol. The van der Waals surface area contributed by atoms with Gasteiger partial charge in [-0.15, -0.1) is 0 Å². The van der Waals surface area contributed by atoms with Gasteiger partial charge in [0, 0.05) is 13.1 Å². The Labute approximate surface area is 94.0 Å². The molecular weight excluding hydrogens is 207 g/mol. The summed E-state index contributed by atoms with van der Waals surface area (Å²) in [6, 6.07) is 5.93. The molecule has 2 N–H and O–H groups in total. The van der Waals surface area contributed by atoms with Crippen LogP contribution in [0.3, 0.4) is 0 Å². The highest BCUT2D eigenvalue weighted by atomic mass is 19.1. The summed E-state index contributed by atoms with van der Waals surface area (Å²) in [7, 11) is 0. The van der Waals surface area contributed by atoms with Gasteiger partial charge in [-0.05, 0) is 30.5 Å². The molecule has 1 aromatic rings. The van der Waals surface area contributed by atoms with Gasteiger partial charge in [-0.2, -0.15) is 0 Å². The molecule has 86 valence electrons. The van der Waals surface area contributed by atoms with E-state index in [9.17, 15) is 9.18 Å². The van der Waals surface area contributed by atoms with Crippen LogP contribution in [-0.4, -0.2) is 23.4 Å². The molecule has 0 aromatic heterocycles. The molecule has 4 heteroatoms. The summed E-state index contributed by atoms with van der Waals surface area (Å²) in [5.74, 6) is -0.304. The second kappa shape index (κ2) is 4.61. The van der Waals surface area contributed by atoms with Crippen LogP contribution in [-0.2, 0) is 11.3 Å². The molecule has 1 aromatic carbocycles. The van der Waals surface area contributed by atoms with E-state index >= 15 is 0 Å². The summed E-state index contributed by atoms with van der Waals surface area (Å²) in [5, 5.41) is 0. The molecule has 1 unspecified atom stereocenters. The molecule has 1 amide bonds. The van der Waals surface area contributed by atoms with Crippen LogP contribution in [0.15, 0.2) is 24.3 Å². The highest BCUT2D eigenvalue weighted by molar-refractivity contribution is 5.82. The Kier molecular flexibility index (Phi) is 3.19. The van der Waals surface area contributed by atoms with Crippen molar-refractivity contribution in [3.8, 4) is 0 Å². The first-order chi connectivity index (χ1) is 7.66. The van der Waals surface area contributed by atoms with Crippen molar-refractivity contribution < 1.29 is 9.18 Å². The van der Waals surface area contributed by atoms with E-state index in [1.54, 1.807) is 11.0 Å². The van der Waals surface area contributed by atoms with Crippen LogP contribution in [0.5, 0.6) is 0 Å². The van der Waals surface area contributed by atoms with E-state index < -0.39 is 0 Å². The third-order valence-electron chi connectivity index (χ3n) is 2.83. The van der Waals surface area contributed by atoms with Crippen LogP contribution in [0, 0.1) is 5.82 Å². The SMILES string of the molecule is NC1CCCN(Cc2cccc(F)c2)C1=O. The number of nitrogens with zero attached hydrogens (tertiary/aromatic N) is 1. The minimum Gasteiger partial charge on any atom is -0.337 e. The fraction of sp³-hybridized carbons (Fsp3) is 0.417. The molecule has 2 rings (SSSR count). The zero-order chi connectivity index (χ0) is 11.5. The standard InChI is InChI=1S/C12H15FN2O/c13-10-4-1-3-9(7-10)8-15-6-2-5-11(14)12(15)16/h1,3-4,7,11H,2,5-6,8,14H2. The van der Waals surface area contributed by atoms with Crippen molar-refractivity contribution >= 4 is 5.91 Å². The average Bonchev–Trinajstić information content (AvgIpc) is 2.25. The summed E-state index contributed by atoms with van der Waals surface area (Å²) in [6.45, 7) is 1.16. The zero-order valence-corrected chi connectivity index (χ0v) is 9.03. The van der Waals surface area contributed by atoms with Crippen molar-refractivity contribution in [2.45, 2.75) is 25.4 Å². The number of carbonyl (C=O) groups is 1. The molecule has 0 saturated carbocycles. The number of carbonyl (C=O) groups excluding carboxylic acids is 1. The highest BCUT2D eigenvalue weighted by Crippen LogP contribution is 2.14. The lowest BCUT2D eigenvalue weighted by atomic mass is 10.0. The highest BCUT2D eigenvalue weighted by Gasteiger charge is 2.25. The molecule has 1 heterocycles. The third kappa shape index (κ3) is 2.39. The largest absolute Gasteiger partial charge is 0.337 e. The number of nitrogens with two attached hydrogens (primary N) is 1. The number of hydrogen-bond donors (Lipinski definition) is 1. The van der Waals surface area contributed by atoms with Crippen LogP contribution in [0.1, 0.15) is 18.4 Å². The first-order valence-electron chi connectivity index (χ1n) is 5.45. The number of likely N-dealkylation sites (tertiary alicyclic amines) is 1. The predicted octanol–water partition coefficient (Wildman–Crippen LogP) is 1.28. The molecule has 0 aliphatic carbocycles. The third-order valence-corrected chi connectivity index (χ3v) is 2.83. The van der Waals surface area contributed by atoms with Crippen molar-refractivity contribution in [1.29, 1.82) is 0 Å². The molecule has 1 fully saturated rings. The van der Waals surface area contributed by atoms with E-state index in [-0.39, 0.29) is 17.8 Å². The zero-order valence-electron chi connectivity index (χ0n) is 9.03. The van der Waals surface area contributed by atoms with Crippen molar-refractivity contribution in [3.05, 3.63) is 35.6 Å². The first kappa shape index (κ1) is 11.1. The molecule has 1 aliphatic rings. The minimum atomic E-state index is -0.387. The fourth-order valence-corrected chi connectivity index (χ4v) is 1.98. The molecule has 3 nitrogen and oxygen atoms in total. The van der Waals surface area contributed by atoms with E-state index in [4.69, 9.17) is 5.73 Å². The number of hydrogen-bond acceptors (Lipinski definition) is 2. The lowest BCUT2D eigenvalue weighted by molar-refractivity contribution is -0.135. The normalized spacial score (nSPS) is 21.2. The molecule has 0 spiro atoms. The van der Waals surface area contributed by atoms with Crippen LogP contribution < -0.4 is 5.73 Å². The fourth-order valence-electron chi connectivity index (χ4n) is 1.98. The molecule has 0 radical (unpaired) electrons. The van der Waals surface area contributed by atoms with Crippen LogP contribution in [0.2, 0.25) is 0 Å². The van der Waals surface area contributed by atoms with Crippen molar-refractivity contribution in [2.75, 3.05) is 6.54 Å². The topological polar surface area (TPSA) is 46.3 Å². The van der Waals surface area contributed by atoms with E-state index in [2.05, 4.69) is 0 Å². The number of halogens is 1. The van der Waals surface area contributed by atoms with Gasteiger partial charge in [-0.3, -0.25) is 4.79 Å². The van der Waals surface area contributed by atoms with Crippen molar-refractivity contribution in [1.82, 2.24) is 4.90 Å². The Hall–Kier alpha value is -1.42. The maximum atomic E-state index is 13.0. The van der Waals surface area contributed by atoms with Gasteiger partial charge >= 0.3 is 0 Å². The van der Waals surface area contributed by atoms with Gasteiger partial charge in [0.25, 0.3) is 0 Å². The quantitative estimate of drug-likeness (QED) is 0.819. The lowest BCUT2D eigenvalue weighted by Crippen LogP contribution is -2.47. The Morgan fingerprint density at radius 1 is 1.50 bits per heavy atom. The summed E-state index contributed by atoms with van der Waals surface area (Å²) in [5.41, 5.74) is 6.49. The Balaban J connectivity index is 2.06. The van der Waals surface area contributed by atoms with E-state index in [1.807, 2.05) is 6.07 Å². The number of amides is 1. The van der Waals surface area contributed by atoms with Gasteiger partial charge in [0.15, 0.2) is 0 Å². The van der Waals surface area contributed by atoms with E-state index in [1.165, 1.54) is 12.1 Å². The molecule has 1 saturated heterocycles. The Bertz CT molecular complexity index is 394. The van der Waals surface area contributed by atoms with Crippen LogP contribution in [0.25, 0.3) is 0 Å². The minimum absolute atomic E-state index is 0.0319. The van der Waals surface area contributed by atoms with Crippen LogP contribution in [0.4, 0.5) is 4.39 Å². The molecule has 1 atom stereocenters. The van der Waals surface area contributed by atoms with Gasteiger partial charge in [0.1, 0.15) is 5.82 Å². The number of piperidine rings is 1. The maximum Gasteiger partial charge on any atom is 0.239 e. The van der Waals surface area contributed by atoms with E-state index in [0.717, 1.165) is 18.4 Å². The maximum absolute atomic E-state index is 13.0. The van der Waals surface area contributed by atoms with Crippen molar-refractivity contribution in [3.63, 3.8) is 0 Å². The number of benzene rings is 1. The molecular formula is C12H15FN2O. The van der Waals surface area contributed by atoms with Gasteiger partial charge < -0.3 is 10.6 Å². The summed E-state index contributed by atoms with van der Waals surface area (Å²) < 4.78 is 13.0. The Morgan fingerprint density at radius 2 is 2.31 bits per heavy atom. The summed E-state index contributed by atoms with van der Waals surface area (Å²) >= 11 is 0. The molecule has 0 bridgehead atoms. The molecule has 16 heavy (non-hydrogen) atoms. The van der Waals surface area contributed by atoms with Crippen LogP contribution >= 0.6 is 0 Å². The monoisotopic (exact) mass is 222 g/mol. The number of rotatable bonds is 2. The van der Waals surface area contributed by atoms with Crippen molar-refractivity contribution in [2.24, 2.45) is 5.73 Å². The van der Waals surface area contributed by atoms with Gasteiger partial charge in [0.05, 0.1) is 6.04 Å². The van der Waals surface area contributed by atoms with E-state index in [0.29, 0.717) is 13.1 Å². The first-order valence-corrected chi connectivity index (χ1v) is 5.45. The summed E-state index contributed by atoms with van der Waals surface area (Å²) in [6.07, 6.45) is 1.67. The summed E-state index contributed by atoms with van der Waals surface area (Å²) in [4.78, 5) is 13.4. The average molecular weight is 222 g/mol. The lowest BCUT2D eigenvalue weighted by Gasteiger charge is -2.30. The second-order valence-corrected chi connectivity index (χ2v) is 4.14. The van der Waals surface area contributed by atoms with Gasteiger partial charge in [-0.25, -0.2) is 4.39 Å². The van der Waals surface area contributed by atoms with Gasteiger partial charge in [0.2, 0.25) is 5.91 Å².